The van der Waals surface area contributed by atoms with Crippen LogP contribution in [0.2, 0.25) is 5.02 Å². The van der Waals surface area contributed by atoms with E-state index in [1.54, 1.807) is 6.07 Å². The molecule has 2 aromatic rings. The van der Waals surface area contributed by atoms with Crippen LogP contribution in [0, 0.1) is 0 Å². The molecular weight excluding hydrogens is 470 g/mol. The lowest BCUT2D eigenvalue weighted by Gasteiger charge is -2.09. The third kappa shape index (κ3) is 3.78. The molecule has 1 aromatic heterocycles. The summed E-state index contributed by atoms with van der Waals surface area (Å²) >= 11 is 13.0. The highest BCUT2D eigenvalue weighted by atomic mass is 79.9. The normalized spacial score (nSPS) is 11.4. The van der Waals surface area contributed by atoms with Gasteiger partial charge >= 0.3 is 5.97 Å². The van der Waals surface area contributed by atoms with Crippen LogP contribution < -0.4 is 4.72 Å². The molecule has 21 heavy (non-hydrogen) atoms. The number of halogens is 3. The fourth-order valence-electron chi connectivity index (χ4n) is 1.44. The molecule has 0 aliphatic carbocycles. The smallest absolute Gasteiger partial charge is 0.337 e. The van der Waals surface area contributed by atoms with Gasteiger partial charge in [-0.25, -0.2) is 13.2 Å². The maximum atomic E-state index is 12.2. The first-order chi connectivity index (χ1) is 9.70. The van der Waals surface area contributed by atoms with E-state index in [1.807, 2.05) is 0 Å². The first-order valence-corrected chi connectivity index (χ1v) is 9.47. The molecule has 1 heterocycles. The summed E-state index contributed by atoms with van der Waals surface area (Å²) in [7, 11) is -3.91. The number of carboxylic acids is 1. The zero-order valence-corrected chi connectivity index (χ0v) is 15.5. The van der Waals surface area contributed by atoms with E-state index >= 15 is 0 Å². The third-order valence-electron chi connectivity index (χ3n) is 2.34. The SMILES string of the molecule is O=C(O)c1cc(Br)ccc1NS(=O)(=O)c1cc(Cl)c(Br)s1. The van der Waals surface area contributed by atoms with Crippen LogP contribution in [0.5, 0.6) is 0 Å². The number of carbonyl (C=O) groups is 1. The molecule has 5 nitrogen and oxygen atoms in total. The molecule has 0 bridgehead atoms. The Labute approximate surface area is 146 Å². The Hall–Kier alpha value is -0.610. The highest BCUT2D eigenvalue weighted by Gasteiger charge is 2.22. The molecule has 0 spiro atoms. The Morgan fingerprint density at radius 3 is 2.48 bits per heavy atom. The molecule has 0 fully saturated rings. The first kappa shape index (κ1) is 16.8. The zero-order chi connectivity index (χ0) is 15.8. The van der Waals surface area contributed by atoms with Gasteiger partial charge in [-0.1, -0.05) is 27.5 Å². The fourth-order valence-corrected chi connectivity index (χ4v) is 5.28. The lowest BCUT2D eigenvalue weighted by Crippen LogP contribution is -2.14. The van der Waals surface area contributed by atoms with E-state index in [-0.39, 0.29) is 20.5 Å². The summed E-state index contributed by atoms with van der Waals surface area (Å²) in [5, 5.41) is 9.40. The number of carboxylic acid groups (broad SMARTS) is 1. The standard InChI is InChI=1S/C11H6Br2ClNO4S2/c12-5-1-2-8(6(3-5)11(16)17)15-21(18,19)9-4-7(14)10(13)20-9/h1-4,15H,(H,16,17). The number of anilines is 1. The summed E-state index contributed by atoms with van der Waals surface area (Å²) in [6.45, 7) is 0. The minimum atomic E-state index is -3.91. The van der Waals surface area contributed by atoms with Crippen LogP contribution in [0.4, 0.5) is 5.69 Å². The molecule has 0 saturated carbocycles. The van der Waals surface area contributed by atoms with Gasteiger partial charge in [0.2, 0.25) is 0 Å². The lowest BCUT2D eigenvalue weighted by molar-refractivity contribution is 0.0698. The highest BCUT2D eigenvalue weighted by molar-refractivity contribution is 9.11. The Balaban J connectivity index is 2.44. The Kier molecular flexibility index (Phi) is 4.99. The number of sulfonamides is 1. The highest BCUT2D eigenvalue weighted by Crippen LogP contribution is 2.35. The van der Waals surface area contributed by atoms with Crippen molar-refractivity contribution in [1.29, 1.82) is 0 Å². The molecule has 2 N–H and O–H groups in total. The number of benzene rings is 1. The predicted octanol–water partition coefficient (Wildman–Crippen LogP) is 4.43. The van der Waals surface area contributed by atoms with E-state index in [2.05, 4.69) is 36.6 Å². The second-order valence-electron chi connectivity index (χ2n) is 3.79. The molecular formula is C11H6Br2ClNO4S2. The molecule has 112 valence electrons. The topological polar surface area (TPSA) is 83.5 Å². The van der Waals surface area contributed by atoms with E-state index in [0.717, 1.165) is 11.3 Å². The first-order valence-electron chi connectivity index (χ1n) is 5.21. The van der Waals surface area contributed by atoms with Gasteiger partial charge in [0.05, 0.1) is 20.1 Å². The van der Waals surface area contributed by atoms with Crippen LogP contribution in [0.15, 0.2) is 36.7 Å². The molecule has 0 aliphatic heterocycles. The van der Waals surface area contributed by atoms with Crippen molar-refractivity contribution in [3.05, 3.63) is 43.1 Å². The van der Waals surface area contributed by atoms with E-state index in [9.17, 15) is 13.2 Å². The average Bonchev–Trinajstić information content (AvgIpc) is 2.72. The van der Waals surface area contributed by atoms with Gasteiger partial charge in [-0.3, -0.25) is 4.72 Å². The summed E-state index contributed by atoms with van der Waals surface area (Å²) in [5.74, 6) is -1.24. The third-order valence-corrected chi connectivity index (χ3v) is 7.15. The minimum absolute atomic E-state index is 0.0152. The zero-order valence-electron chi connectivity index (χ0n) is 9.93. The molecule has 0 atom stereocenters. The van der Waals surface area contributed by atoms with E-state index in [0.29, 0.717) is 8.26 Å². The van der Waals surface area contributed by atoms with Crippen molar-refractivity contribution in [3.8, 4) is 0 Å². The van der Waals surface area contributed by atoms with Gasteiger partial charge in [0.15, 0.2) is 0 Å². The molecule has 10 heteroatoms. The van der Waals surface area contributed by atoms with Crippen molar-refractivity contribution < 1.29 is 18.3 Å². The van der Waals surface area contributed by atoms with Gasteiger partial charge in [-0.15, -0.1) is 11.3 Å². The fraction of sp³-hybridized carbons (Fsp3) is 0. The summed E-state index contributed by atoms with van der Waals surface area (Å²) in [5.41, 5.74) is -0.180. The largest absolute Gasteiger partial charge is 0.478 e. The second-order valence-corrected chi connectivity index (χ2v) is 9.39. The maximum absolute atomic E-state index is 12.2. The van der Waals surface area contributed by atoms with E-state index in [4.69, 9.17) is 16.7 Å². The number of thiophene rings is 1. The number of aromatic carboxylic acids is 1. The summed E-state index contributed by atoms with van der Waals surface area (Å²) < 4.78 is 27.7. The van der Waals surface area contributed by atoms with Crippen LogP contribution in [-0.2, 0) is 10.0 Å². The predicted molar refractivity (Wildman–Crippen MR) is 88.9 cm³/mol. The number of rotatable bonds is 4. The number of hydrogen-bond acceptors (Lipinski definition) is 4. The Morgan fingerprint density at radius 2 is 1.95 bits per heavy atom. The maximum Gasteiger partial charge on any atom is 0.337 e. The summed E-state index contributed by atoms with van der Waals surface area (Å²) in [6.07, 6.45) is 0. The lowest BCUT2D eigenvalue weighted by atomic mass is 10.2. The average molecular weight is 476 g/mol. The molecule has 0 amide bonds. The van der Waals surface area contributed by atoms with Gasteiger partial charge in [-0.05, 0) is 40.2 Å². The van der Waals surface area contributed by atoms with Gasteiger partial charge < -0.3 is 5.11 Å². The van der Waals surface area contributed by atoms with Crippen molar-refractivity contribution in [2.24, 2.45) is 0 Å². The van der Waals surface area contributed by atoms with Crippen LogP contribution in [0.25, 0.3) is 0 Å². The van der Waals surface area contributed by atoms with Crippen molar-refractivity contribution in [1.82, 2.24) is 0 Å². The van der Waals surface area contributed by atoms with Gasteiger partial charge in [0.1, 0.15) is 4.21 Å². The van der Waals surface area contributed by atoms with Crippen molar-refractivity contribution in [3.63, 3.8) is 0 Å². The van der Waals surface area contributed by atoms with E-state index < -0.39 is 16.0 Å². The minimum Gasteiger partial charge on any atom is -0.478 e. The van der Waals surface area contributed by atoms with Crippen LogP contribution >= 0.6 is 54.8 Å². The molecule has 0 unspecified atom stereocenters. The quantitative estimate of drug-likeness (QED) is 0.686. The van der Waals surface area contributed by atoms with Gasteiger partial charge in [-0.2, -0.15) is 0 Å². The summed E-state index contributed by atoms with van der Waals surface area (Å²) in [4.78, 5) is 11.2. The van der Waals surface area contributed by atoms with Crippen LogP contribution in [0.3, 0.4) is 0 Å². The van der Waals surface area contributed by atoms with Crippen LogP contribution in [-0.4, -0.2) is 19.5 Å². The van der Waals surface area contributed by atoms with Crippen molar-refractivity contribution >= 4 is 76.5 Å². The summed E-state index contributed by atoms with van der Waals surface area (Å²) in [6, 6.07) is 5.52. The number of hydrogen-bond donors (Lipinski definition) is 2. The Morgan fingerprint density at radius 1 is 1.29 bits per heavy atom. The van der Waals surface area contributed by atoms with E-state index in [1.165, 1.54) is 18.2 Å². The van der Waals surface area contributed by atoms with Crippen molar-refractivity contribution in [2.75, 3.05) is 4.72 Å². The monoisotopic (exact) mass is 473 g/mol. The number of nitrogens with one attached hydrogen (secondary N) is 1. The molecule has 0 saturated heterocycles. The second kappa shape index (κ2) is 6.25. The molecule has 1 aromatic carbocycles. The van der Waals surface area contributed by atoms with Gasteiger partial charge in [0, 0.05) is 4.47 Å². The molecule has 0 radical (unpaired) electrons. The Bertz CT molecular complexity index is 800. The van der Waals surface area contributed by atoms with Crippen LogP contribution in [0.1, 0.15) is 10.4 Å². The van der Waals surface area contributed by atoms with Gasteiger partial charge in [0.25, 0.3) is 10.0 Å². The molecule has 2 rings (SSSR count). The van der Waals surface area contributed by atoms with Crippen molar-refractivity contribution in [2.45, 2.75) is 4.21 Å². The molecule has 0 aliphatic rings.